The minimum absolute atomic E-state index is 0.0225. The Morgan fingerprint density at radius 2 is 1.62 bits per heavy atom. The smallest absolute Gasteiger partial charge is 0.244 e. The fourth-order valence-electron chi connectivity index (χ4n) is 3.17. The molecule has 186 valence electrons. The van der Waals surface area contributed by atoms with Gasteiger partial charge in [-0.2, -0.15) is 0 Å². The van der Waals surface area contributed by atoms with Crippen LogP contribution in [0, 0.1) is 6.92 Å². The van der Waals surface area contributed by atoms with Crippen LogP contribution in [0.5, 0.6) is 0 Å². The zero-order valence-corrected chi connectivity index (χ0v) is 22.7. The minimum atomic E-state index is -3.84. The van der Waals surface area contributed by atoms with Crippen molar-refractivity contribution < 1.29 is 18.0 Å². The third-order valence-corrected chi connectivity index (χ3v) is 7.34. The molecule has 0 aromatic heterocycles. The second kappa shape index (κ2) is 11.6. The van der Waals surface area contributed by atoms with Gasteiger partial charge >= 0.3 is 0 Å². The Balaban J connectivity index is 2.43. The number of aryl methyl sites for hydroxylation is 1. The molecule has 0 unspecified atom stereocenters. The fraction of sp³-hybridized carbons (Fsp3) is 0.391. The van der Waals surface area contributed by atoms with Gasteiger partial charge in [0, 0.05) is 17.6 Å². The van der Waals surface area contributed by atoms with E-state index in [0.29, 0.717) is 20.6 Å². The summed E-state index contributed by atoms with van der Waals surface area (Å²) < 4.78 is 26.1. The SMILES string of the molecule is Cc1ccc(N(CC(=O)N(Cc2ccc(Cl)c(Cl)c2)[C@H](C)C(=O)NC(C)C)S(C)(=O)=O)cc1Cl. The predicted molar refractivity (Wildman–Crippen MR) is 138 cm³/mol. The summed E-state index contributed by atoms with van der Waals surface area (Å²) in [5.41, 5.74) is 1.65. The van der Waals surface area contributed by atoms with Crippen LogP contribution in [0.3, 0.4) is 0 Å². The molecule has 0 fully saturated rings. The largest absolute Gasteiger partial charge is 0.352 e. The molecular weight excluding hydrogens is 521 g/mol. The van der Waals surface area contributed by atoms with Crippen LogP contribution in [0.15, 0.2) is 36.4 Å². The number of hydrogen-bond donors (Lipinski definition) is 1. The molecule has 2 aromatic carbocycles. The van der Waals surface area contributed by atoms with E-state index in [1.807, 2.05) is 13.8 Å². The maximum atomic E-state index is 13.5. The lowest BCUT2D eigenvalue weighted by Crippen LogP contribution is -2.52. The summed E-state index contributed by atoms with van der Waals surface area (Å²) in [7, 11) is -3.84. The van der Waals surface area contributed by atoms with Crippen molar-refractivity contribution in [2.24, 2.45) is 0 Å². The molecule has 2 aromatic rings. The number of halogens is 3. The Morgan fingerprint density at radius 1 is 0.971 bits per heavy atom. The van der Waals surface area contributed by atoms with Crippen LogP contribution in [0.25, 0.3) is 0 Å². The summed E-state index contributed by atoms with van der Waals surface area (Å²) in [5.74, 6) is -0.938. The molecule has 0 bridgehead atoms. The highest BCUT2D eigenvalue weighted by Crippen LogP contribution is 2.26. The van der Waals surface area contributed by atoms with Crippen molar-refractivity contribution in [1.82, 2.24) is 10.2 Å². The highest BCUT2D eigenvalue weighted by molar-refractivity contribution is 7.92. The van der Waals surface area contributed by atoms with Crippen molar-refractivity contribution in [2.75, 3.05) is 17.1 Å². The summed E-state index contributed by atoms with van der Waals surface area (Å²) in [6.07, 6.45) is 1.01. The molecule has 0 radical (unpaired) electrons. The molecule has 2 rings (SSSR count). The van der Waals surface area contributed by atoms with Crippen LogP contribution in [0.2, 0.25) is 15.1 Å². The van der Waals surface area contributed by atoms with Gasteiger partial charge in [0.05, 0.1) is 22.0 Å². The zero-order valence-electron chi connectivity index (χ0n) is 19.6. The number of rotatable bonds is 9. The topological polar surface area (TPSA) is 86.8 Å². The first-order chi connectivity index (χ1) is 15.7. The lowest BCUT2D eigenvalue weighted by Gasteiger charge is -2.32. The normalized spacial score (nSPS) is 12.4. The molecule has 1 N–H and O–H groups in total. The van der Waals surface area contributed by atoms with Gasteiger partial charge in [-0.05, 0) is 63.1 Å². The highest BCUT2D eigenvalue weighted by atomic mass is 35.5. The molecule has 0 aliphatic heterocycles. The number of carbonyl (C=O) groups excluding carboxylic acids is 2. The number of nitrogens with one attached hydrogen (secondary N) is 1. The van der Waals surface area contributed by atoms with Crippen LogP contribution in [0.4, 0.5) is 5.69 Å². The van der Waals surface area contributed by atoms with Gasteiger partial charge in [-0.15, -0.1) is 0 Å². The molecule has 7 nitrogen and oxygen atoms in total. The molecule has 2 amide bonds. The first-order valence-corrected chi connectivity index (χ1v) is 13.5. The number of amides is 2. The second-order valence-corrected chi connectivity index (χ2v) is 11.4. The Hall–Kier alpha value is -2.00. The Kier molecular flexibility index (Phi) is 9.65. The first kappa shape index (κ1) is 28.2. The Labute approximate surface area is 216 Å². The number of hydrogen-bond acceptors (Lipinski definition) is 4. The monoisotopic (exact) mass is 547 g/mol. The molecule has 0 aliphatic carbocycles. The van der Waals surface area contributed by atoms with Crippen molar-refractivity contribution >= 4 is 62.3 Å². The van der Waals surface area contributed by atoms with Crippen molar-refractivity contribution in [3.05, 3.63) is 62.6 Å². The molecule has 34 heavy (non-hydrogen) atoms. The van der Waals surface area contributed by atoms with Gasteiger partial charge in [0.2, 0.25) is 21.8 Å². The number of carbonyl (C=O) groups is 2. The third-order valence-electron chi connectivity index (χ3n) is 5.06. The van der Waals surface area contributed by atoms with Gasteiger partial charge in [-0.3, -0.25) is 13.9 Å². The molecule has 11 heteroatoms. The third kappa shape index (κ3) is 7.50. The van der Waals surface area contributed by atoms with Gasteiger partial charge < -0.3 is 10.2 Å². The van der Waals surface area contributed by atoms with Crippen molar-refractivity contribution in [3.8, 4) is 0 Å². The standard InChI is InChI=1S/C23H28Cl3N3O4S/c1-14(2)27-23(31)16(4)28(12-17-7-9-19(24)21(26)10-17)22(30)13-29(34(5,32)33)18-8-6-15(3)20(25)11-18/h6-11,14,16H,12-13H2,1-5H3,(H,27,31)/t16-/m1/s1. The lowest BCUT2D eigenvalue weighted by molar-refractivity contribution is -0.139. The van der Waals surface area contributed by atoms with Gasteiger partial charge in [-0.25, -0.2) is 8.42 Å². The van der Waals surface area contributed by atoms with E-state index >= 15 is 0 Å². The van der Waals surface area contributed by atoms with E-state index < -0.39 is 28.5 Å². The van der Waals surface area contributed by atoms with Gasteiger partial charge in [-0.1, -0.05) is 46.9 Å². The van der Waals surface area contributed by atoms with Crippen LogP contribution >= 0.6 is 34.8 Å². The van der Waals surface area contributed by atoms with E-state index in [2.05, 4.69) is 5.32 Å². The molecule has 0 spiro atoms. The van der Waals surface area contributed by atoms with Gasteiger partial charge in [0.1, 0.15) is 12.6 Å². The quantitative estimate of drug-likeness (QED) is 0.494. The van der Waals surface area contributed by atoms with E-state index in [1.54, 1.807) is 44.2 Å². The van der Waals surface area contributed by atoms with E-state index in [0.717, 1.165) is 16.1 Å². The number of anilines is 1. The summed E-state index contributed by atoms with van der Waals surface area (Å²) >= 11 is 18.3. The van der Waals surface area contributed by atoms with Crippen molar-refractivity contribution in [1.29, 1.82) is 0 Å². The molecule has 0 saturated carbocycles. The van der Waals surface area contributed by atoms with Crippen LogP contribution < -0.4 is 9.62 Å². The summed E-state index contributed by atoms with van der Waals surface area (Å²) in [6, 6.07) is 8.61. The molecule has 0 heterocycles. The van der Waals surface area contributed by atoms with E-state index in [9.17, 15) is 18.0 Å². The molecule has 0 saturated heterocycles. The summed E-state index contributed by atoms with van der Waals surface area (Å²) in [5, 5.41) is 3.81. The lowest BCUT2D eigenvalue weighted by atomic mass is 10.1. The molecule has 0 aliphatic rings. The summed E-state index contributed by atoms with van der Waals surface area (Å²) in [4.78, 5) is 27.5. The average Bonchev–Trinajstić information content (AvgIpc) is 2.72. The average molecular weight is 549 g/mol. The maximum absolute atomic E-state index is 13.5. The van der Waals surface area contributed by atoms with Crippen molar-refractivity contribution in [3.63, 3.8) is 0 Å². The maximum Gasteiger partial charge on any atom is 0.244 e. The number of sulfonamides is 1. The Bertz CT molecular complexity index is 1170. The Morgan fingerprint density at radius 3 is 2.15 bits per heavy atom. The number of benzene rings is 2. The van der Waals surface area contributed by atoms with Crippen LogP contribution in [0.1, 0.15) is 31.9 Å². The fourth-order valence-corrected chi connectivity index (χ4v) is 4.51. The number of nitrogens with zero attached hydrogens (tertiary/aromatic N) is 2. The zero-order chi connectivity index (χ0) is 25.8. The van der Waals surface area contributed by atoms with Crippen LogP contribution in [-0.2, 0) is 26.2 Å². The minimum Gasteiger partial charge on any atom is -0.352 e. The van der Waals surface area contributed by atoms with Gasteiger partial charge in [0.25, 0.3) is 0 Å². The van der Waals surface area contributed by atoms with E-state index in [1.165, 1.54) is 11.0 Å². The van der Waals surface area contributed by atoms with Gasteiger partial charge in [0.15, 0.2) is 0 Å². The van der Waals surface area contributed by atoms with E-state index in [-0.39, 0.29) is 24.2 Å². The molecular formula is C23H28Cl3N3O4S. The van der Waals surface area contributed by atoms with Crippen molar-refractivity contribution in [2.45, 2.75) is 46.3 Å². The highest BCUT2D eigenvalue weighted by Gasteiger charge is 2.30. The predicted octanol–water partition coefficient (Wildman–Crippen LogP) is 4.66. The van der Waals surface area contributed by atoms with E-state index in [4.69, 9.17) is 34.8 Å². The first-order valence-electron chi connectivity index (χ1n) is 10.5. The molecule has 1 atom stereocenters. The summed E-state index contributed by atoms with van der Waals surface area (Å²) in [6.45, 7) is 6.49. The van der Waals surface area contributed by atoms with Crippen LogP contribution in [-0.4, -0.2) is 50.0 Å². The second-order valence-electron chi connectivity index (χ2n) is 8.31.